The predicted molar refractivity (Wildman–Crippen MR) is 60.7 cm³/mol. The normalized spacial score (nSPS) is 12.9. The van der Waals surface area contributed by atoms with Crippen LogP contribution in [0.2, 0.25) is 0 Å². The smallest absolute Gasteiger partial charge is 0.322 e. The van der Waals surface area contributed by atoms with E-state index in [2.05, 4.69) is 0 Å². The molecule has 3 heteroatoms. The zero-order valence-electron chi connectivity index (χ0n) is 9.69. The highest BCUT2D eigenvalue weighted by atomic mass is 16.6. The molecule has 1 radical (unpaired) electrons. The first-order valence-electron chi connectivity index (χ1n) is 5.09. The van der Waals surface area contributed by atoms with Crippen LogP contribution in [0, 0.1) is 0 Å². The van der Waals surface area contributed by atoms with Gasteiger partial charge in [-0.1, -0.05) is 30.3 Å². The Morgan fingerprint density at radius 1 is 1.25 bits per heavy atom. The van der Waals surface area contributed by atoms with E-state index in [9.17, 15) is 9.59 Å². The van der Waals surface area contributed by atoms with Crippen molar-refractivity contribution in [3.05, 3.63) is 35.9 Å². The number of hydrogen-bond acceptors (Lipinski definition) is 3. The Bertz CT molecular complexity index is 363. The first-order chi connectivity index (χ1) is 7.44. The van der Waals surface area contributed by atoms with Crippen LogP contribution in [0.1, 0.15) is 32.3 Å². The van der Waals surface area contributed by atoms with E-state index in [1.807, 2.05) is 6.07 Å². The number of hydrogen-bond donors (Lipinski definition) is 0. The fraction of sp³-hybridized carbons (Fsp3) is 0.385. The van der Waals surface area contributed by atoms with Crippen LogP contribution in [-0.2, 0) is 14.3 Å². The van der Waals surface area contributed by atoms with Gasteiger partial charge in [0.1, 0.15) is 11.5 Å². The molecule has 1 aromatic rings. The monoisotopic (exact) mass is 219 g/mol. The van der Waals surface area contributed by atoms with Crippen molar-refractivity contribution < 1.29 is 14.3 Å². The van der Waals surface area contributed by atoms with Gasteiger partial charge in [-0.15, -0.1) is 0 Å². The maximum absolute atomic E-state index is 11.7. The summed E-state index contributed by atoms with van der Waals surface area (Å²) in [5.41, 5.74) is 0.00721. The number of rotatable bonds is 3. The lowest BCUT2D eigenvalue weighted by atomic mass is 10.0. The molecule has 3 nitrogen and oxygen atoms in total. The molecule has 0 aliphatic carbocycles. The third-order valence-corrected chi connectivity index (χ3v) is 1.89. The largest absolute Gasteiger partial charge is 0.459 e. The number of carbonyl (C=O) groups excluding carboxylic acids is 2. The molecule has 0 amide bonds. The Kier molecular flexibility index (Phi) is 3.82. The molecule has 0 N–H and O–H groups in total. The molecule has 0 bridgehead atoms. The zero-order chi connectivity index (χ0) is 12.2. The summed E-state index contributed by atoms with van der Waals surface area (Å²) >= 11 is 0. The molecule has 1 aromatic carbocycles. The van der Waals surface area contributed by atoms with E-state index in [1.165, 1.54) is 0 Å². The van der Waals surface area contributed by atoms with E-state index in [1.54, 1.807) is 51.3 Å². The molecule has 0 spiro atoms. The Balaban J connectivity index is 2.84. The summed E-state index contributed by atoms with van der Waals surface area (Å²) in [4.78, 5) is 22.5. The van der Waals surface area contributed by atoms with E-state index in [0.29, 0.717) is 5.56 Å². The van der Waals surface area contributed by atoms with Crippen molar-refractivity contribution in [2.75, 3.05) is 0 Å². The minimum Gasteiger partial charge on any atom is -0.459 e. The maximum atomic E-state index is 11.7. The van der Waals surface area contributed by atoms with Crippen molar-refractivity contribution in [1.82, 2.24) is 0 Å². The Hall–Kier alpha value is -1.64. The van der Waals surface area contributed by atoms with Gasteiger partial charge in [0.25, 0.3) is 0 Å². The standard InChI is InChI=1S/C13H15O3/c1-13(2,3)16-12(15)11(9-14)10-7-5-4-6-8-10/h4-8,11H,1-3H3. The van der Waals surface area contributed by atoms with Crippen LogP contribution in [-0.4, -0.2) is 17.9 Å². The minimum absolute atomic E-state index is 0.561. The summed E-state index contributed by atoms with van der Waals surface area (Å²) in [5, 5.41) is 0. The second-order valence-corrected chi connectivity index (χ2v) is 4.50. The maximum Gasteiger partial charge on any atom is 0.322 e. The summed E-state index contributed by atoms with van der Waals surface area (Å²) in [6.07, 6.45) is 1.72. The second kappa shape index (κ2) is 4.92. The van der Waals surface area contributed by atoms with Crippen LogP contribution in [0.15, 0.2) is 30.3 Å². The van der Waals surface area contributed by atoms with Crippen LogP contribution in [0.5, 0.6) is 0 Å². The first kappa shape index (κ1) is 12.4. The number of benzene rings is 1. The molecule has 0 heterocycles. The molecule has 0 saturated carbocycles. The van der Waals surface area contributed by atoms with E-state index in [0.717, 1.165) is 0 Å². The van der Waals surface area contributed by atoms with Gasteiger partial charge in [0.2, 0.25) is 6.29 Å². The van der Waals surface area contributed by atoms with Gasteiger partial charge in [-0.25, -0.2) is 0 Å². The van der Waals surface area contributed by atoms with Crippen molar-refractivity contribution >= 4 is 12.3 Å². The SMILES string of the molecule is CC(C)(C)OC(=O)C([C]=O)c1ccccc1. The Morgan fingerprint density at radius 3 is 2.25 bits per heavy atom. The van der Waals surface area contributed by atoms with Crippen LogP contribution in [0.4, 0.5) is 0 Å². The van der Waals surface area contributed by atoms with Crippen molar-refractivity contribution in [3.63, 3.8) is 0 Å². The van der Waals surface area contributed by atoms with Crippen LogP contribution < -0.4 is 0 Å². The summed E-state index contributed by atoms with van der Waals surface area (Å²) in [7, 11) is 0. The topological polar surface area (TPSA) is 43.4 Å². The zero-order valence-corrected chi connectivity index (χ0v) is 9.69. The van der Waals surface area contributed by atoms with Crippen molar-refractivity contribution in [2.45, 2.75) is 32.3 Å². The lowest BCUT2D eigenvalue weighted by Gasteiger charge is -2.21. The molecule has 1 unspecified atom stereocenters. The van der Waals surface area contributed by atoms with Crippen molar-refractivity contribution in [2.24, 2.45) is 0 Å². The second-order valence-electron chi connectivity index (χ2n) is 4.50. The van der Waals surface area contributed by atoms with Crippen LogP contribution >= 0.6 is 0 Å². The Morgan fingerprint density at radius 2 is 1.81 bits per heavy atom. The van der Waals surface area contributed by atoms with Gasteiger partial charge in [-0.2, -0.15) is 0 Å². The molecule has 1 atom stereocenters. The molecule has 16 heavy (non-hydrogen) atoms. The fourth-order valence-electron chi connectivity index (χ4n) is 1.26. The van der Waals surface area contributed by atoms with Crippen LogP contribution in [0.25, 0.3) is 0 Å². The van der Waals surface area contributed by atoms with E-state index in [-0.39, 0.29) is 0 Å². The third-order valence-electron chi connectivity index (χ3n) is 1.89. The van der Waals surface area contributed by atoms with E-state index in [4.69, 9.17) is 4.74 Å². The number of carbonyl (C=O) groups is 1. The minimum atomic E-state index is -0.958. The van der Waals surface area contributed by atoms with E-state index < -0.39 is 17.5 Å². The van der Waals surface area contributed by atoms with Gasteiger partial charge in [0, 0.05) is 0 Å². The third kappa shape index (κ3) is 3.50. The van der Waals surface area contributed by atoms with Gasteiger partial charge in [0.05, 0.1) is 0 Å². The van der Waals surface area contributed by atoms with Gasteiger partial charge < -0.3 is 4.74 Å². The molecule has 0 aromatic heterocycles. The predicted octanol–water partition coefficient (Wildman–Crippen LogP) is 2.22. The molecule has 0 aliphatic rings. The average Bonchev–Trinajstić information content (AvgIpc) is 2.17. The van der Waals surface area contributed by atoms with Crippen LogP contribution in [0.3, 0.4) is 0 Å². The lowest BCUT2D eigenvalue weighted by molar-refractivity contribution is -0.154. The highest BCUT2D eigenvalue weighted by Gasteiger charge is 2.26. The molecule has 0 aliphatic heterocycles. The molecule has 1 rings (SSSR count). The average molecular weight is 219 g/mol. The highest BCUT2D eigenvalue weighted by molar-refractivity contribution is 5.94. The summed E-state index contributed by atoms with van der Waals surface area (Å²) in [6, 6.07) is 8.77. The van der Waals surface area contributed by atoms with Gasteiger partial charge >= 0.3 is 5.97 Å². The molecular weight excluding hydrogens is 204 g/mol. The van der Waals surface area contributed by atoms with Gasteiger partial charge in [-0.05, 0) is 26.3 Å². The molecule has 0 saturated heterocycles. The fourth-order valence-corrected chi connectivity index (χ4v) is 1.26. The van der Waals surface area contributed by atoms with Crippen molar-refractivity contribution in [3.8, 4) is 0 Å². The summed E-state index contributed by atoms with van der Waals surface area (Å²) in [5.74, 6) is -1.52. The first-order valence-corrected chi connectivity index (χ1v) is 5.09. The number of ether oxygens (including phenoxy) is 1. The van der Waals surface area contributed by atoms with Gasteiger partial charge in [0.15, 0.2) is 0 Å². The molecular formula is C13H15O3. The molecule has 85 valence electrons. The quantitative estimate of drug-likeness (QED) is 0.578. The Labute approximate surface area is 95.4 Å². The lowest BCUT2D eigenvalue weighted by Crippen LogP contribution is -2.28. The highest BCUT2D eigenvalue weighted by Crippen LogP contribution is 2.18. The van der Waals surface area contributed by atoms with Crippen molar-refractivity contribution in [1.29, 1.82) is 0 Å². The summed E-state index contributed by atoms with van der Waals surface area (Å²) in [6.45, 7) is 5.28. The number of esters is 1. The summed E-state index contributed by atoms with van der Waals surface area (Å²) < 4.78 is 5.14. The molecule has 0 fully saturated rings. The van der Waals surface area contributed by atoms with E-state index >= 15 is 0 Å². The van der Waals surface area contributed by atoms with Gasteiger partial charge in [-0.3, -0.25) is 9.59 Å².